The Morgan fingerprint density at radius 3 is 2.23 bits per heavy atom. The van der Waals surface area contributed by atoms with Crippen molar-refractivity contribution in [3.8, 4) is 23.0 Å². The summed E-state index contributed by atoms with van der Waals surface area (Å²) in [6, 6.07) is 28.5. The molecule has 5 aromatic rings. The van der Waals surface area contributed by atoms with Crippen LogP contribution >= 0.6 is 11.3 Å². The standard InChI is InChI=1S/C37H32N2O7S/c1-23-33(36(42)46-22-25-12-8-5-9-13-25)34(27-15-17-29(31(20-27)44-3)45-21-24-10-6-4-7-11-24)39-35(41)32(47-37(39)38-23)19-26-14-16-28(40)30(18-26)43-2/h4-20,34,40H,21-22H2,1-3H3. The molecule has 0 radical (unpaired) electrons. The maximum Gasteiger partial charge on any atom is 0.338 e. The maximum absolute atomic E-state index is 14.1. The van der Waals surface area contributed by atoms with Crippen molar-refractivity contribution in [1.82, 2.24) is 4.57 Å². The highest BCUT2D eigenvalue weighted by Gasteiger charge is 2.34. The lowest BCUT2D eigenvalue weighted by Crippen LogP contribution is -2.39. The molecule has 1 aromatic heterocycles. The number of rotatable bonds is 10. The van der Waals surface area contributed by atoms with E-state index in [1.807, 2.05) is 66.7 Å². The van der Waals surface area contributed by atoms with Gasteiger partial charge in [-0.3, -0.25) is 9.36 Å². The second kappa shape index (κ2) is 13.8. The van der Waals surface area contributed by atoms with E-state index in [1.54, 1.807) is 44.4 Å². The fourth-order valence-electron chi connectivity index (χ4n) is 5.34. The maximum atomic E-state index is 14.1. The van der Waals surface area contributed by atoms with Crippen LogP contribution < -0.4 is 29.1 Å². The Bertz CT molecular complexity index is 2140. The normalized spacial score (nSPS) is 14.3. The molecule has 0 amide bonds. The molecule has 0 saturated carbocycles. The Kier molecular flexibility index (Phi) is 9.21. The number of phenols is 1. The van der Waals surface area contributed by atoms with Gasteiger partial charge in [0.1, 0.15) is 13.2 Å². The van der Waals surface area contributed by atoms with Crippen molar-refractivity contribution in [3.63, 3.8) is 0 Å². The largest absolute Gasteiger partial charge is 0.504 e. The average molecular weight is 649 g/mol. The predicted molar refractivity (Wildman–Crippen MR) is 178 cm³/mol. The number of carbonyl (C=O) groups excluding carboxylic acids is 1. The van der Waals surface area contributed by atoms with E-state index >= 15 is 0 Å². The number of esters is 1. The summed E-state index contributed by atoms with van der Waals surface area (Å²) in [6.45, 7) is 2.14. The van der Waals surface area contributed by atoms with Gasteiger partial charge < -0.3 is 24.1 Å². The predicted octanol–water partition coefficient (Wildman–Crippen LogP) is 5.28. The van der Waals surface area contributed by atoms with E-state index in [9.17, 15) is 14.7 Å². The smallest absolute Gasteiger partial charge is 0.338 e. The van der Waals surface area contributed by atoms with Crippen molar-refractivity contribution < 1.29 is 28.8 Å². The molecule has 238 valence electrons. The minimum atomic E-state index is -0.858. The molecule has 2 heterocycles. The summed E-state index contributed by atoms with van der Waals surface area (Å²) in [5.74, 6) is 0.656. The molecular formula is C37H32N2O7S. The Hall–Kier alpha value is -5.61. The summed E-state index contributed by atoms with van der Waals surface area (Å²) >= 11 is 1.20. The number of ether oxygens (including phenoxy) is 4. The van der Waals surface area contributed by atoms with Gasteiger partial charge in [0, 0.05) is 0 Å². The van der Waals surface area contributed by atoms with Crippen LogP contribution in [0.5, 0.6) is 23.0 Å². The summed E-state index contributed by atoms with van der Waals surface area (Å²) in [6.07, 6.45) is 1.71. The average Bonchev–Trinajstić information content (AvgIpc) is 3.40. The molecule has 1 aliphatic heterocycles. The van der Waals surface area contributed by atoms with Crippen molar-refractivity contribution >= 4 is 23.4 Å². The van der Waals surface area contributed by atoms with E-state index in [2.05, 4.69) is 0 Å². The van der Waals surface area contributed by atoms with Crippen LogP contribution in [0.25, 0.3) is 6.08 Å². The Labute approximate surface area is 274 Å². The van der Waals surface area contributed by atoms with Gasteiger partial charge in [-0.15, -0.1) is 0 Å². The lowest BCUT2D eigenvalue weighted by atomic mass is 9.95. The Morgan fingerprint density at radius 2 is 1.55 bits per heavy atom. The number of phenolic OH excluding ortho intramolecular Hbond substituents is 1. The number of benzene rings is 4. The number of hydrogen-bond acceptors (Lipinski definition) is 9. The van der Waals surface area contributed by atoms with Crippen molar-refractivity contribution in [1.29, 1.82) is 0 Å². The Balaban J connectivity index is 1.43. The quantitative estimate of drug-likeness (QED) is 0.205. The number of carbonyl (C=O) groups is 1. The van der Waals surface area contributed by atoms with Gasteiger partial charge in [0.05, 0.1) is 36.1 Å². The van der Waals surface area contributed by atoms with Gasteiger partial charge in [-0.05, 0) is 59.5 Å². The van der Waals surface area contributed by atoms with Crippen molar-refractivity contribution in [2.24, 2.45) is 4.99 Å². The molecule has 10 heteroatoms. The SMILES string of the molecule is COc1cc(C=c2sc3n(c2=O)C(c2ccc(OCc4ccccc4)c(OC)c2)C(C(=O)OCc2ccccc2)=C(C)N=3)ccc1O. The number of aromatic nitrogens is 1. The van der Waals surface area contributed by atoms with Crippen molar-refractivity contribution in [2.45, 2.75) is 26.2 Å². The summed E-state index contributed by atoms with van der Waals surface area (Å²) in [7, 11) is 3.00. The fraction of sp³-hybridized carbons (Fsp3) is 0.162. The number of nitrogens with zero attached hydrogens (tertiary/aromatic N) is 2. The van der Waals surface area contributed by atoms with E-state index < -0.39 is 12.0 Å². The first-order chi connectivity index (χ1) is 22.9. The Morgan fingerprint density at radius 1 is 0.872 bits per heavy atom. The van der Waals surface area contributed by atoms with Crippen LogP contribution in [0.15, 0.2) is 118 Å². The summed E-state index contributed by atoms with van der Waals surface area (Å²) in [5, 5.41) is 10.0. The third-order valence-electron chi connectivity index (χ3n) is 7.70. The van der Waals surface area contributed by atoms with E-state index in [1.165, 1.54) is 29.1 Å². The molecule has 1 unspecified atom stereocenters. The summed E-state index contributed by atoms with van der Waals surface area (Å²) in [4.78, 5) is 33.1. The van der Waals surface area contributed by atoms with Crippen LogP contribution in [0.1, 0.15) is 35.2 Å². The van der Waals surface area contributed by atoms with Gasteiger partial charge in [0.2, 0.25) is 0 Å². The van der Waals surface area contributed by atoms with Gasteiger partial charge in [-0.25, -0.2) is 9.79 Å². The van der Waals surface area contributed by atoms with Gasteiger partial charge >= 0.3 is 5.97 Å². The van der Waals surface area contributed by atoms with Gasteiger partial charge in [-0.2, -0.15) is 0 Å². The van der Waals surface area contributed by atoms with Gasteiger partial charge in [-0.1, -0.05) is 84.1 Å². The molecule has 0 aliphatic carbocycles. The summed E-state index contributed by atoms with van der Waals surface area (Å²) in [5.41, 5.74) is 3.45. The van der Waals surface area contributed by atoms with E-state index in [-0.39, 0.29) is 29.2 Å². The van der Waals surface area contributed by atoms with E-state index in [0.29, 0.717) is 44.3 Å². The minimum Gasteiger partial charge on any atom is -0.504 e. The minimum absolute atomic E-state index is 0.00876. The zero-order valence-electron chi connectivity index (χ0n) is 26.0. The first kappa shape index (κ1) is 31.4. The number of hydrogen-bond donors (Lipinski definition) is 1. The van der Waals surface area contributed by atoms with E-state index in [0.717, 1.165) is 11.1 Å². The van der Waals surface area contributed by atoms with Gasteiger partial charge in [0.25, 0.3) is 5.56 Å². The second-order valence-corrected chi connectivity index (χ2v) is 11.8. The zero-order valence-corrected chi connectivity index (χ0v) is 26.8. The highest BCUT2D eigenvalue weighted by atomic mass is 32.1. The molecular weight excluding hydrogens is 616 g/mol. The number of allylic oxidation sites excluding steroid dienone is 1. The molecule has 4 aromatic carbocycles. The van der Waals surface area contributed by atoms with Crippen LogP contribution in [0.3, 0.4) is 0 Å². The van der Waals surface area contributed by atoms with Crippen LogP contribution in [-0.4, -0.2) is 29.9 Å². The lowest BCUT2D eigenvalue weighted by molar-refractivity contribution is -0.140. The molecule has 9 nitrogen and oxygen atoms in total. The molecule has 1 aliphatic rings. The molecule has 0 saturated heterocycles. The molecule has 0 fully saturated rings. The monoisotopic (exact) mass is 648 g/mol. The van der Waals surface area contributed by atoms with Crippen LogP contribution in [-0.2, 0) is 22.7 Å². The zero-order chi connectivity index (χ0) is 32.9. The number of methoxy groups -OCH3 is 2. The summed E-state index contributed by atoms with van der Waals surface area (Å²) < 4.78 is 24.7. The second-order valence-electron chi connectivity index (χ2n) is 10.8. The first-order valence-electron chi connectivity index (χ1n) is 14.8. The number of fused-ring (bicyclic) bond motifs is 1. The third-order valence-corrected chi connectivity index (χ3v) is 8.68. The van der Waals surface area contributed by atoms with E-state index in [4.69, 9.17) is 23.9 Å². The fourth-order valence-corrected chi connectivity index (χ4v) is 6.39. The third kappa shape index (κ3) is 6.68. The van der Waals surface area contributed by atoms with Crippen LogP contribution in [0.4, 0.5) is 0 Å². The topological polar surface area (TPSA) is 109 Å². The lowest BCUT2D eigenvalue weighted by Gasteiger charge is -2.25. The first-order valence-corrected chi connectivity index (χ1v) is 15.6. The van der Waals surface area contributed by atoms with Crippen molar-refractivity contribution in [2.75, 3.05) is 14.2 Å². The highest BCUT2D eigenvalue weighted by molar-refractivity contribution is 7.07. The molecule has 1 atom stereocenters. The molecule has 0 spiro atoms. The van der Waals surface area contributed by atoms with Crippen molar-refractivity contribution in [3.05, 3.63) is 150 Å². The van der Waals surface area contributed by atoms with Gasteiger partial charge in [0.15, 0.2) is 27.8 Å². The number of aromatic hydroxyl groups is 1. The van der Waals surface area contributed by atoms with Crippen LogP contribution in [0, 0.1) is 0 Å². The highest BCUT2D eigenvalue weighted by Crippen LogP contribution is 2.36. The molecule has 47 heavy (non-hydrogen) atoms. The molecule has 1 N–H and O–H groups in total. The molecule has 0 bridgehead atoms. The number of thiazole rings is 1. The van der Waals surface area contributed by atoms with Crippen LogP contribution in [0.2, 0.25) is 0 Å². The molecule has 6 rings (SSSR count).